The minimum atomic E-state index is -0.611. The summed E-state index contributed by atoms with van der Waals surface area (Å²) in [4.78, 5) is 11.8. The van der Waals surface area contributed by atoms with Gasteiger partial charge in [-0.2, -0.15) is 0 Å². The Kier molecular flexibility index (Phi) is 3.98. The molecule has 1 aromatic carbocycles. The first-order valence-electron chi connectivity index (χ1n) is 7.22. The van der Waals surface area contributed by atoms with Crippen molar-refractivity contribution >= 4 is 5.97 Å². The Bertz CT molecular complexity index is 478. The van der Waals surface area contributed by atoms with E-state index in [1.165, 1.54) is 23.1 Å². The van der Waals surface area contributed by atoms with Gasteiger partial charge in [0.1, 0.15) is 0 Å². The predicted octanol–water partition coefficient (Wildman–Crippen LogP) is 4.13. The number of benzene rings is 1. The van der Waals surface area contributed by atoms with Gasteiger partial charge < -0.3 is 5.11 Å². The summed E-state index contributed by atoms with van der Waals surface area (Å²) in [6.45, 7) is 6.33. The second-order valence-corrected chi connectivity index (χ2v) is 6.39. The lowest BCUT2D eigenvalue weighted by atomic mass is 9.66. The van der Waals surface area contributed by atoms with Crippen LogP contribution in [0.1, 0.15) is 49.3 Å². The van der Waals surface area contributed by atoms with Crippen molar-refractivity contribution in [2.45, 2.75) is 52.9 Å². The summed E-state index contributed by atoms with van der Waals surface area (Å²) in [5.41, 5.74) is 3.09. The Morgan fingerprint density at radius 1 is 1.42 bits per heavy atom. The normalized spacial score (nSPS) is 27.2. The average Bonchev–Trinajstić information content (AvgIpc) is 2.34. The highest BCUT2D eigenvalue weighted by Crippen LogP contribution is 2.42. The molecule has 0 saturated heterocycles. The SMILES string of the molecule is Cc1ccc(C)c(CC2(C(=O)O)CCCC(C)C2)c1. The van der Waals surface area contributed by atoms with Crippen molar-refractivity contribution in [1.82, 2.24) is 0 Å². The highest BCUT2D eigenvalue weighted by atomic mass is 16.4. The fraction of sp³-hybridized carbons (Fsp3) is 0.588. The molecule has 0 radical (unpaired) electrons. The summed E-state index contributed by atoms with van der Waals surface area (Å²) >= 11 is 0. The van der Waals surface area contributed by atoms with Crippen molar-refractivity contribution in [2.75, 3.05) is 0 Å². The Morgan fingerprint density at radius 3 is 2.79 bits per heavy atom. The van der Waals surface area contributed by atoms with Crippen LogP contribution in [0.5, 0.6) is 0 Å². The molecule has 0 amide bonds. The summed E-state index contributed by atoms with van der Waals surface area (Å²) < 4.78 is 0. The fourth-order valence-electron chi connectivity index (χ4n) is 3.45. The maximum atomic E-state index is 11.8. The second-order valence-electron chi connectivity index (χ2n) is 6.39. The van der Waals surface area contributed by atoms with E-state index in [1.807, 2.05) is 0 Å². The molecule has 1 saturated carbocycles. The summed E-state index contributed by atoms with van der Waals surface area (Å²) in [5, 5.41) is 9.73. The maximum absolute atomic E-state index is 11.8. The Balaban J connectivity index is 2.30. The maximum Gasteiger partial charge on any atom is 0.309 e. The molecule has 0 spiro atoms. The molecule has 1 N–H and O–H groups in total. The van der Waals surface area contributed by atoms with E-state index in [1.54, 1.807) is 0 Å². The third kappa shape index (κ3) is 2.99. The summed E-state index contributed by atoms with van der Waals surface area (Å²) in [7, 11) is 0. The zero-order valence-electron chi connectivity index (χ0n) is 12.2. The number of hydrogen-bond donors (Lipinski definition) is 1. The summed E-state index contributed by atoms with van der Waals surface area (Å²) in [5.74, 6) is -0.0880. The predicted molar refractivity (Wildman–Crippen MR) is 77.3 cm³/mol. The van der Waals surface area contributed by atoms with Crippen LogP contribution < -0.4 is 0 Å². The van der Waals surface area contributed by atoms with Crippen LogP contribution >= 0.6 is 0 Å². The van der Waals surface area contributed by atoms with E-state index in [0.29, 0.717) is 12.3 Å². The van der Waals surface area contributed by atoms with E-state index in [-0.39, 0.29) is 0 Å². The van der Waals surface area contributed by atoms with Gasteiger partial charge >= 0.3 is 5.97 Å². The van der Waals surface area contributed by atoms with Crippen molar-refractivity contribution in [2.24, 2.45) is 11.3 Å². The monoisotopic (exact) mass is 260 g/mol. The van der Waals surface area contributed by atoms with Crippen LogP contribution in [0.3, 0.4) is 0 Å². The van der Waals surface area contributed by atoms with E-state index in [4.69, 9.17) is 0 Å². The molecule has 1 aromatic rings. The summed E-state index contributed by atoms with van der Waals surface area (Å²) in [6.07, 6.45) is 4.52. The van der Waals surface area contributed by atoms with Gasteiger partial charge in [0.25, 0.3) is 0 Å². The zero-order chi connectivity index (χ0) is 14.0. The number of rotatable bonds is 3. The molecule has 0 aromatic heterocycles. The van der Waals surface area contributed by atoms with Gasteiger partial charge in [0.15, 0.2) is 0 Å². The molecule has 2 heteroatoms. The molecule has 1 fully saturated rings. The summed E-state index contributed by atoms with van der Waals surface area (Å²) in [6, 6.07) is 6.35. The number of hydrogen-bond acceptors (Lipinski definition) is 1. The molecular weight excluding hydrogens is 236 g/mol. The first-order valence-corrected chi connectivity index (χ1v) is 7.22. The van der Waals surface area contributed by atoms with Crippen LogP contribution in [0.2, 0.25) is 0 Å². The van der Waals surface area contributed by atoms with E-state index >= 15 is 0 Å². The fourth-order valence-corrected chi connectivity index (χ4v) is 3.45. The molecule has 0 aliphatic heterocycles. The van der Waals surface area contributed by atoms with Gasteiger partial charge in [0, 0.05) is 0 Å². The first-order chi connectivity index (χ1) is 8.93. The van der Waals surface area contributed by atoms with Crippen molar-refractivity contribution < 1.29 is 9.90 Å². The second kappa shape index (κ2) is 5.36. The molecule has 104 valence electrons. The molecule has 0 heterocycles. The van der Waals surface area contributed by atoms with E-state index in [9.17, 15) is 9.90 Å². The third-order valence-electron chi connectivity index (χ3n) is 4.58. The number of carbonyl (C=O) groups is 1. The van der Waals surface area contributed by atoms with Crippen molar-refractivity contribution in [3.63, 3.8) is 0 Å². The van der Waals surface area contributed by atoms with E-state index < -0.39 is 11.4 Å². The molecule has 2 unspecified atom stereocenters. The Hall–Kier alpha value is -1.31. The van der Waals surface area contributed by atoms with Gasteiger partial charge in [0.2, 0.25) is 0 Å². The van der Waals surface area contributed by atoms with Crippen LogP contribution in [0.25, 0.3) is 0 Å². The van der Waals surface area contributed by atoms with Crippen LogP contribution in [0.4, 0.5) is 0 Å². The lowest BCUT2D eigenvalue weighted by molar-refractivity contribution is -0.152. The van der Waals surface area contributed by atoms with Gasteiger partial charge in [0.05, 0.1) is 5.41 Å². The van der Waals surface area contributed by atoms with Gasteiger partial charge in [-0.15, -0.1) is 0 Å². The number of aryl methyl sites for hydroxylation is 2. The zero-order valence-corrected chi connectivity index (χ0v) is 12.2. The Labute approximate surface area is 115 Å². The van der Waals surface area contributed by atoms with Crippen LogP contribution in [-0.4, -0.2) is 11.1 Å². The van der Waals surface area contributed by atoms with Crippen molar-refractivity contribution in [1.29, 1.82) is 0 Å². The molecule has 2 rings (SSSR count). The topological polar surface area (TPSA) is 37.3 Å². The van der Waals surface area contributed by atoms with Crippen molar-refractivity contribution in [3.8, 4) is 0 Å². The van der Waals surface area contributed by atoms with Gasteiger partial charge in [-0.25, -0.2) is 0 Å². The Morgan fingerprint density at radius 2 is 2.16 bits per heavy atom. The van der Waals surface area contributed by atoms with Gasteiger partial charge in [-0.1, -0.05) is 43.5 Å². The molecule has 0 bridgehead atoms. The standard InChI is InChI=1S/C17H24O2/c1-12-6-7-14(3)15(9-12)11-17(16(18)19)8-4-5-13(2)10-17/h6-7,9,13H,4-5,8,10-11H2,1-3H3,(H,18,19). The lowest BCUT2D eigenvalue weighted by Gasteiger charge is -2.37. The number of carboxylic acids is 1. The van der Waals surface area contributed by atoms with E-state index in [0.717, 1.165) is 19.3 Å². The molecule has 1 aliphatic rings. The first kappa shape index (κ1) is 14.1. The lowest BCUT2D eigenvalue weighted by Crippen LogP contribution is -2.38. The highest BCUT2D eigenvalue weighted by Gasteiger charge is 2.42. The smallest absolute Gasteiger partial charge is 0.309 e. The van der Waals surface area contributed by atoms with E-state index in [2.05, 4.69) is 39.0 Å². The average molecular weight is 260 g/mol. The molecular formula is C17H24O2. The molecule has 1 aliphatic carbocycles. The quantitative estimate of drug-likeness (QED) is 0.887. The molecule has 2 nitrogen and oxygen atoms in total. The molecule has 19 heavy (non-hydrogen) atoms. The van der Waals surface area contributed by atoms with Crippen molar-refractivity contribution in [3.05, 3.63) is 34.9 Å². The highest BCUT2D eigenvalue weighted by molar-refractivity contribution is 5.75. The molecule has 2 atom stereocenters. The van der Waals surface area contributed by atoms with Crippen LogP contribution in [0.15, 0.2) is 18.2 Å². The van der Waals surface area contributed by atoms with Crippen LogP contribution in [0, 0.1) is 25.2 Å². The minimum absolute atomic E-state index is 0.523. The number of aliphatic carboxylic acids is 1. The van der Waals surface area contributed by atoms with Gasteiger partial charge in [-0.05, 0) is 50.2 Å². The largest absolute Gasteiger partial charge is 0.481 e. The number of carboxylic acid groups (broad SMARTS) is 1. The van der Waals surface area contributed by atoms with Crippen LogP contribution in [-0.2, 0) is 11.2 Å². The minimum Gasteiger partial charge on any atom is -0.481 e. The third-order valence-corrected chi connectivity index (χ3v) is 4.58. The van der Waals surface area contributed by atoms with Gasteiger partial charge in [-0.3, -0.25) is 4.79 Å².